The molecule has 5 amide bonds. The van der Waals surface area contributed by atoms with Crippen molar-refractivity contribution in [1.29, 1.82) is 0 Å². The maximum atomic E-state index is 14.5. The molecule has 1 aliphatic heterocycles. The van der Waals surface area contributed by atoms with Crippen molar-refractivity contribution in [1.82, 2.24) is 31.2 Å². The van der Waals surface area contributed by atoms with Crippen molar-refractivity contribution in [3.63, 3.8) is 0 Å². The minimum absolute atomic E-state index is 0.0187. The second kappa shape index (κ2) is 17.1. The standard InChI is InChI=1S/C38H54N8O7/c1-9-11-26(31(47)34(49)41-22-12-13-22)43-33(48)28-19-24(21-46(28)35(50)32(37(2,3)4)44-36(51)45-38(5,6)7)53-29-20-30(40-17-10-16-39)42-27-18-23(52-8)14-15-25(27)29/h10,14-18,20,22,24,26,28,32H,9,11-13,19,21,39H2,1-8H3,(H,41,49)(H,43,48)(H2,44,45,51)/t24-,26-,28+,32-/m1/s1. The number of nitrogens with two attached hydrogens (primary N) is 1. The van der Waals surface area contributed by atoms with Crippen LogP contribution in [0.4, 0.5) is 10.6 Å². The second-order valence-corrected chi connectivity index (χ2v) is 15.6. The van der Waals surface area contributed by atoms with Crippen molar-refractivity contribution in [2.45, 2.75) is 116 Å². The zero-order valence-electron chi connectivity index (χ0n) is 31.9. The van der Waals surface area contributed by atoms with E-state index >= 15 is 0 Å². The van der Waals surface area contributed by atoms with Gasteiger partial charge in [-0.1, -0.05) is 34.1 Å². The van der Waals surface area contributed by atoms with Gasteiger partial charge in [-0.2, -0.15) is 0 Å². The number of rotatable bonds is 14. The summed E-state index contributed by atoms with van der Waals surface area (Å²) in [4.78, 5) is 78.1. The topological polar surface area (TPSA) is 206 Å². The van der Waals surface area contributed by atoms with Gasteiger partial charge < -0.3 is 41.4 Å². The fourth-order valence-corrected chi connectivity index (χ4v) is 5.97. The number of aliphatic imine (C=N–C) groups is 1. The van der Waals surface area contributed by atoms with E-state index in [9.17, 15) is 24.0 Å². The predicted octanol–water partition coefficient (Wildman–Crippen LogP) is 3.41. The van der Waals surface area contributed by atoms with Gasteiger partial charge in [0, 0.05) is 41.7 Å². The number of nitrogens with zero attached hydrogens (tertiary/aromatic N) is 3. The van der Waals surface area contributed by atoms with Gasteiger partial charge in [0.25, 0.3) is 5.91 Å². The molecule has 2 fully saturated rings. The second-order valence-electron chi connectivity index (χ2n) is 15.6. The Kier molecular flexibility index (Phi) is 13.1. The largest absolute Gasteiger partial charge is 0.497 e. The van der Waals surface area contributed by atoms with Gasteiger partial charge in [-0.05, 0) is 69.9 Å². The molecule has 2 aromatic rings. The molecule has 1 aromatic carbocycles. The lowest BCUT2D eigenvalue weighted by Gasteiger charge is -2.36. The number of aromatic nitrogens is 1. The van der Waals surface area contributed by atoms with Gasteiger partial charge in [-0.15, -0.1) is 0 Å². The van der Waals surface area contributed by atoms with E-state index in [0.29, 0.717) is 34.6 Å². The van der Waals surface area contributed by atoms with Crippen LogP contribution in [0.1, 0.15) is 80.6 Å². The summed E-state index contributed by atoms with van der Waals surface area (Å²) >= 11 is 0. The molecule has 1 saturated carbocycles. The molecular formula is C38H54N8O7. The predicted molar refractivity (Wildman–Crippen MR) is 202 cm³/mol. The Morgan fingerprint density at radius 3 is 2.40 bits per heavy atom. The lowest BCUT2D eigenvalue weighted by molar-refractivity contribution is -0.144. The smallest absolute Gasteiger partial charge is 0.315 e. The van der Waals surface area contributed by atoms with E-state index in [2.05, 4.69) is 31.2 Å². The quantitative estimate of drug-likeness (QED) is 0.142. The highest BCUT2D eigenvalue weighted by Crippen LogP contribution is 2.35. The first-order valence-electron chi connectivity index (χ1n) is 18.0. The molecule has 4 atom stereocenters. The first-order valence-corrected chi connectivity index (χ1v) is 18.0. The highest BCUT2D eigenvalue weighted by Gasteiger charge is 2.47. The summed E-state index contributed by atoms with van der Waals surface area (Å²) in [6, 6.07) is 3.18. The van der Waals surface area contributed by atoms with Gasteiger partial charge in [-0.25, -0.2) is 14.8 Å². The van der Waals surface area contributed by atoms with E-state index < -0.39 is 64.7 Å². The summed E-state index contributed by atoms with van der Waals surface area (Å²) in [5.41, 5.74) is 4.68. The lowest BCUT2D eigenvalue weighted by atomic mass is 9.85. The van der Waals surface area contributed by atoms with E-state index in [-0.39, 0.29) is 25.4 Å². The SMILES string of the molecule is CCC[C@@H](NC(=O)[C@@H]1C[C@@H](Oc2cc(N=CC=CN)nc3cc(OC)ccc23)CN1C(=O)[C@@H](NC(=O)NC(C)(C)C)C(C)(C)C)C(=O)C(=O)NC1CC1. The van der Waals surface area contributed by atoms with E-state index in [4.69, 9.17) is 15.2 Å². The third kappa shape index (κ3) is 11.1. The molecule has 2 heterocycles. The summed E-state index contributed by atoms with van der Waals surface area (Å²) < 4.78 is 12.0. The van der Waals surface area contributed by atoms with Crippen LogP contribution in [-0.2, 0) is 19.2 Å². The van der Waals surface area contributed by atoms with Gasteiger partial charge in [0.2, 0.25) is 17.6 Å². The number of nitrogens with one attached hydrogen (secondary N) is 4. The van der Waals surface area contributed by atoms with Crippen LogP contribution in [0.15, 0.2) is 41.5 Å². The molecule has 0 bridgehead atoms. The highest BCUT2D eigenvalue weighted by atomic mass is 16.5. The fraction of sp³-hybridized carbons (Fsp3) is 0.553. The number of carbonyl (C=O) groups is 5. The highest BCUT2D eigenvalue weighted by molar-refractivity contribution is 6.38. The van der Waals surface area contributed by atoms with Gasteiger partial charge in [-0.3, -0.25) is 19.2 Å². The van der Waals surface area contributed by atoms with Crippen LogP contribution in [0.25, 0.3) is 10.9 Å². The molecule has 0 spiro atoms. The molecule has 15 nitrogen and oxygen atoms in total. The van der Waals surface area contributed by atoms with Crippen LogP contribution in [0.3, 0.4) is 0 Å². The van der Waals surface area contributed by atoms with Crippen LogP contribution in [-0.4, -0.2) is 95.1 Å². The normalized spacial score (nSPS) is 18.8. The number of allylic oxidation sites excluding steroid dienone is 1. The third-order valence-electron chi connectivity index (χ3n) is 8.74. The number of benzene rings is 1. The third-order valence-corrected chi connectivity index (χ3v) is 8.74. The number of likely N-dealkylation sites (tertiary alicyclic amines) is 1. The van der Waals surface area contributed by atoms with Crippen molar-refractivity contribution in [2.75, 3.05) is 13.7 Å². The van der Waals surface area contributed by atoms with Gasteiger partial charge in [0.05, 0.1) is 25.2 Å². The van der Waals surface area contributed by atoms with Crippen LogP contribution >= 0.6 is 0 Å². The van der Waals surface area contributed by atoms with Gasteiger partial charge >= 0.3 is 6.03 Å². The molecular weight excluding hydrogens is 680 g/mol. The minimum Gasteiger partial charge on any atom is -0.497 e. The first-order chi connectivity index (χ1) is 24.9. The monoisotopic (exact) mass is 734 g/mol. The Bertz CT molecular complexity index is 1740. The van der Waals surface area contributed by atoms with Crippen molar-refractivity contribution in [2.24, 2.45) is 16.1 Å². The number of hydrogen-bond donors (Lipinski definition) is 5. The number of Topliss-reactive ketones (excluding diaryl/α,β-unsaturated/α-hetero) is 1. The van der Waals surface area contributed by atoms with Crippen molar-refractivity contribution >= 4 is 52.5 Å². The van der Waals surface area contributed by atoms with Crippen molar-refractivity contribution in [3.8, 4) is 11.5 Å². The summed E-state index contributed by atoms with van der Waals surface area (Å²) in [6.45, 7) is 12.8. The minimum atomic E-state index is -1.09. The Balaban J connectivity index is 1.70. The molecule has 1 aromatic heterocycles. The molecule has 1 saturated heterocycles. The van der Waals surface area contributed by atoms with Crippen LogP contribution in [0.5, 0.6) is 11.5 Å². The summed E-state index contributed by atoms with van der Waals surface area (Å²) in [5, 5.41) is 11.8. The van der Waals surface area contributed by atoms with Crippen LogP contribution in [0, 0.1) is 5.41 Å². The first kappa shape index (κ1) is 40.6. The molecule has 0 radical (unpaired) electrons. The number of amides is 5. The molecule has 288 valence electrons. The lowest BCUT2D eigenvalue weighted by Crippen LogP contribution is -2.61. The molecule has 1 aliphatic carbocycles. The number of urea groups is 1. The number of fused-ring (bicyclic) bond motifs is 1. The van der Waals surface area contributed by atoms with Crippen molar-refractivity contribution in [3.05, 3.63) is 36.5 Å². The summed E-state index contributed by atoms with van der Waals surface area (Å²) in [5.74, 6) is -1.27. The Hall–Kier alpha value is -5.21. The average molecular weight is 735 g/mol. The number of pyridine rings is 1. The Labute approximate surface area is 310 Å². The van der Waals surface area contributed by atoms with Crippen LogP contribution in [0.2, 0.25) is 0 Å². The maximum Gasteiger partial charge on any atom is 0.315 e. The van der Waals surface area contributed by atoms with Gasteiger partial charge in [0.1, 0.15) is 29.7 Å². The van der Waals surface area contributed by atoms with E-state index in [1.807, 2.05) is 48.5 Å². The Morgan fingerprint density at radius 2 is 1.79 bits per heavy atom. The molecule has 53 heavy (non-hydrogen) atoms. The summed E-state index contributed by atoms with van der Waals surface area (Å²) in [6.07, 6.45) is 6.10. The van der Waals surface area contributed by atoms with E-state index in [0.717, 1.165) is 12.8 Å². The number of ether oxygens (including phenoxy) is 2. The maximum absolute atomic E-state index is 14.5. The number of hydrogen-bond acceptors (Lipinski definition) is 10. The van der Waals surface area contributed by atoms with E-state index in [1.54, 1.807) is 37.5 Å². The Morgan fingerprint density at radius 1 is 1.08 bits per heavy atom. The summed E-state index contributed by atoms with van der Waals surface area (Å²) in [7, 11) is 1.55. The number of methoxy groups -OCH3 is 1. The fourth-order valence-electron chi connectivity index (χ4n) is 5.97. The molecule has 0 unspecified atom stereocenters. The zero-order chi connectivity index (χ0) is 39.1. The van der Waals surface area contributed by atoms with Gasteiger partial charge in [0.15, 0.2) is 5.82 Å². The molecule has 6 N–H and O–H groups in total. The molecule has 4 rings (SSSR count). The number of carbonyl (C=O) groups excluding carboxylic acids is 5. The molecule has 2 aliphatic rings. The van der Waals surface area contributed by atoms with Crippen LogP contribution < -0.4 is 36.5 Å². The average Bonchev–Trinajstić information content (AvgIpc) is 3.80. The van der Waals surface area contributed by atoms with Crippen molar-refractivity contribution < 1.29 is 33.4 Å². The van der Waals surface area contributed by atoms with E-state index in [1.165, 1.54) is 17.3 Å². The molecule has 15 heteroatoms. The zero-order valence-corrected chi connectivity index (χ0v) is 31.9. The number of ketones is 1.